The summed E-state index contributed by atoms with van der Waals surface area (Å²) in [5.41, 5.74) is 3.05. The van der Waals surface area contributed by atoms with Crippen molar-refractivity contribution >= 4 is 5.96 Å². The topological polar surface area (TPSA) is 53.6 Å². The number of rotatable bonds is 1. The number of hydrogen-bond donors (Lipinski definition) is 2. The fraction of sp³-hybridized carbons (Fsp3) is 0.889. The molecule has 0 amide bonds. The van der Waals surface area contributed by atoms with Gasteiger partial charge in [0.15, 0.2) is 0 Å². The Balaban J connectivity index is 2.58. The van der Waals surface area contributed by atoms with Gasteiger partial charge in [0.05, 0.1) is 0 Å². The Labute approximate surface area is 80.2 Å². The number of hydrogen-bond acceptors (Lipinski definition) is 2. The molecule has 0 aromatic heterocycles. The van der Waals surface area contributed by atoms with Gasteiger partial charge < -0.3 is 4.90 Å². The zero-order valence-corrected chi connectivity index (χ0v) is 8.80. The van der Waals surface area contributed by atoms with Crippen LogP contribution in [0.3, 0.4) is 0 Å². The molecule has 0 unspecified atom stereocenters. The highest BCUT2D eigenvalue weighted by Gasteiger charge is 2.30. The Kier molecular flexibility index (Phi) is 3.14. The predicted molar refractivity (Wildman–Crippen MR) is 55.3 cm³/mol. The first-order chi connectivity index (χ1) is 6.09. The van der Waals surface area contributed by atoms with Gasteiger partial charge in [0.25, 0.3) is 0 Å². The fourth-order valence-corrected chi connectivity index (χ4v) is 1.68. The van der Waals surface area contributed by atoms with E-state index in [-0.39, 0.29) is 0 Å². The summed E-state index contributed by atoms with van der Waals surface area (Å²) in [6, 6.07) is 0. The molecule has 1 rings (SSSR count). The van der Waals surface area contributed by atoms with Crippen molar-refractivity contribution in [1.29, 1.82) is 0 Å². The summed E-state index contributed by atoms with van der Waals surface area (Å²) in [7, 11) is 0. The molecule has 0 atom stereocenters. The minimum atomic E-state index is 0.394. The summed E-state index contributed by atoms with van der Waals surface area (Å²) in [5, 5.41) is 0. The van der Waals surface area contributed by atoms with Crippen molar-refractivity contribution < 1.29 is 0 Å². The van der Waals surface area contributed by atoms with Gasteiger partial charge >= 0.3 is 0 Å². The van der Waals surface area contributed by atoms with Gasteiger partial charge in [-0.25, -0.2) is 5.84 Å². The first-order valence-corrected chi connectivity index (χ1v) is 4.85. The Morgan fingerprint density at radius 1 is 1.62 bits per heavy atom. The molecule has 3 N–H and O–H groups in total. The van der Waals surface area contributed by atoms with Crippen LogP contribution in [0.25, 0.3) is 0 Å². The third-order valence-corrected chi connectivity index (χ3v) is 2.41. The molecule has 1 heterocycles. The summed E-state index contributed by atoms with van der Waals surface area (Å²) in [5.74, 6) is 6.23. The average Bonchev–Trinajstić information content (AvgIpc) is 2.42. The lowest BCUT2D eigenvalue weighted by atomic mass is 9.93. The molecular weight excluding hydrogens is 164 g/mol. The summed E-state index contributed by atoms with van der Waals surface area (Å²) < 4.78 is 0. The lowest BCUT2D eigenvalue weighted by Crippen LogP contribution is -2.44. The van der Waals surface area contributed by atoms with E-state index in [1.165, 1.54) is 6.42 Å². The van der Waals surface area contributed by atoms with Crippen LogP contribution in [0.5, 0.6) is 0 Å². The van der Waals surface area contributed by atoms with Crippen molar-refractivity contribution in [2.75, 3.05) is 19.6 Å². The second-order valence-electron chi connectivity index (χ2n) is 4.28. The molecule has 0 spiro atoms. The van der Waals surface area contributed by atoms with Gasteiger partial charge in [0.1, 0.15) is 0 Å². The number of aliphatic imine (C=N–C) groups is 1. The number of nitrogens with two attached hydrogens (primary N) is 1. The van der Waals surface area contributed by atoms with Gasteiger partial charge in [-0.3, -0.25) is 10.4 Å². The number of nitrogens with zero attached hydrogens (tertiary/aromatic N) is 2. The van der Waals surface area contributed by atoms with Crippen LogP contribution in [0.1, 0.15) is 27.2 Å². The molecule has 0 saturated carbocycles. The van der Waals surface area contributed by atoms with Gasteiger partial charge in [-0.15, -0.1) is 0 Å². The highest BCUT2D eigenvalue weighted by Crippen LogP contribution is 2.28. The van der Waals surface area contributed by atoms with E-state index in [9.17, 15) is 0 Å². The second-order valence-corrected chi connectivity index (χ2v) is 4.28. The van der Waals surface area contributed by atoms with Crippen LogP contribution in [0.4, 0.5) is 0 Å². The van der Waals surface area contributed by atoms with E-state index >= 15 is 0 Å². The SMILES string of the molecule is CCN=C(NN)N1CCC(C)(C)C1. The molecule has 13 heavy (non-hydrogen) atoms. The lowest BCUT2D eigenvalue weighted by Gasteiger charge is -2.22. The summed E-state index contributed by atoms with van der Waals surface area (Å²) >= 11 is 0. The molecule has 4 heteroatoms. The van der Waals surface area contributed by atoms with Crippen LogP contribution in [0, 0.1) is 5.41 Å². The largest absolute Gasteiger partial charge is 0.341 e. The molecule has 1 saturated heterocycles. The molecule has 0 aromatic carbocycles. The van der Waals surface area contributed by atoms with Crippen LogP contribution in [0.2, 0.25) is 0 Å². The molecule has 0 aromatic rings. The Morgan fingerprint density at radius 2 is 2.31 bits per heavy atom. The Hall–Kier alpha value is -0.770. The zero-order chi connectivity index (χ0) is 9.90. The van der Waals surface area contributed by atoms with Crippen molar-refractivity contribution in [3.63, 3.8) is 0 Å². The molecule has 0 bridgehead atoms. The third-order valence-electron chi connectivity index (χ3n) is 2.41. The van der Waals surface area contributed by atoms with Crippen molar-refractivity contribution in [3.05, 3.63) is 0 Å². The maximum absolute atomic E-state index is 5.40. The summed E-state index contributed by atoms with van der Waals surface area (Å²) in [6.07, 6.45) is 1.21. The fourth-order valence-electron chi connectivity index (χ4n) is 1.68. The van der Waals surface area contributed by atoms with E-state index in [4.69, 9.17) is 5.84 Å². The molecule has 1 aliphatic rings. The van der Waals surface area contributed by atoms with E-state index < -0.39 is 0 Å². The molecule has 0 aliphatic carbocycles. The van der Waals surface area contributed by atoms with E-state index in [0.717, 1.165) is 25.6 Å². The highest BCUT2D eigenvalue weighted by atomic mass is 15.4. The van der Waals surface area contributed by atoms with Gasteiger partial charge in [0.2, 0.25) is 5.96 Å². The van der Waals surface area contributed by atoms with Gasteiger partial charge in [-0.05, 0) is 18.8 Å². The maximum atomic E-state index is 5.40. The third kappa shape index (κ3) is 2.59. The maximum Gasteiger partial charge on any atom is 0.208 e. The van der Waals surface area contributed by atoms with Crippen molar-refractivity contribution in [2.45, 2.75) is 27.2 Å². The van der Waals surface area contributed by atoms with Gasteiger partial charge in [-0.1, -0.05) is 13.8 Å². The molecule has 76 valence electrons. The standard InChI is InChI=1S/C9H20N4/c1-4-11-8(12-10)13-6-5-9(2,3)7-13/h4-7,10H2,1-3H3,(H,11,12). The van der Waals surface area contributed by atoms with Crippen molar-refractivity contribution in [3.8, 4) is 0 Å². The summed E-state index contributed by atoms with van der Waals surface area (Å²) in [6.45, 7) is 9.42. The van der Waals surface area contributed by atoms with Crippen LogP contribution in [-0.4, -0.2) is 30.5 Å². The first-order valence-electron chi connectivity index (χ1n) is 4.85. The zero-order valence-electron chi connectivity index (χ0n) is 8.80. The van der Waals surface area contributed by atoms with Crippen LogP contribution in [0.15, 0.2) is 4.99 Å². The second kappa shape index (κ2) is 3.96. The minimum Gasteiger partial charge on any atom is -0.341 e. The minimum absolute atomic E-state index is 0.394. The monoisotopic (exact) mass is 184 g/mol. The van der Waals surface area contributed by atoms with Crippen molar-refractivity contribution in [1.82, 2.24) is 10.3 Å². The number of hydrazine groups is 1. The molecular formula is C9H20N4. The van der Waals surface area contributed by atoms with Crippen LogP contribution in [-0.2, 0) is 0 Å². The number of likely N-dealkylation sites (tertiary alicyclic amines) is 1. The first kappa shape index (κ1) is 10.3. The van der Waals surface area contributed by atoms with Crippen LogP contribution < -0.4 is 11.3 Å². The van der Waals surface area contributed by atoms with E-state index in [1.807, 2.05) is 6.92 Å². The number of nitrogens with one attached hydrogen (secondary N) is 1. The van der Waals surface area contributed by atoms with E-state index in [2.05, 4.69) is 29.2 Å². The van der Waals surface area contributed by atoms with Gasteiger partial charge in [-0.2, -0.15) is 0 Å². The average molecular weight is 184 g/mol. The van der Waals surface area contributed by atoms with E-state index in [0.29, 0.717) is 5.41 Å². The Morgan fingerprint density at radius 3 is 2.69 bits per heavy atom. The highest BCUT2D eigenvalue weighted by molar-refractivity contribution is 5.79. The van der Waals surface area contributed by atoms with Crippen molar-refractivity contribution in [2.24, 2.45) is 16.3 Å². The Bertz CT molecular complexity index is 198. The molecule has 4 nitrogen and oxygen atoms in total. The normalized spacial score (nSPS) is 22.2. The van der Waals surface area contributed by atoms with Gasteiger partial charge in [0, 0.05) is 19.6 Å². The predicted octanol–water partition coefficient (Wildman–Crippen LogP) is 0.558. The smallest absolute Gasteiger partial charge is 0.208 e. The molecule has 0 radical (unpaired) electrons. The van der Waals surface area contributed by atoms with Crippen LogP contribution >= 0.6 is 0 Å². The number of guanidine groups is 1. The summed E-state index contributed by atoms with van der Waals surface area (Å²) in [4.78, 5) is 6.51. The lowest BCUT2D eigenvalue weighted by molar-refractivity contribution is 0.370. The molecule has 1 aliphatic heterocycles. The molecule has 1 fully saturated rings. The quantitative estimate of drug-likeness (QED) is 0.271. The van der Waals surface area contributed by atoms with E-state index in [1.54, 1.807) is 0 Å².